The van der Waals surface area contributed by atoms with Crippen molar-refractivity contribution in [2.75, 3.05) is 19.7 Å². The lowest BCUT2D eigenvalue weighted by molar-refractivity contribution is -0.137. The second-order valence-electron chi connectivity index (χ2n) is 4.98. The number of hydrogen-bond acceptors (Lipinski definition) is 3. The topological polar surface area (TPSA) is 49.8 Å². The van der Waals surface area contributed by atoms with Gasteiger partial charge in [0.1, 0.15) is 5.75 Å². The van der Waals surface area contributed by atoms with Gasteiger partial charge in [0.15, 0.2) is 0 Å². The summed E-state index contributed by atoms with van der Waals surface area (Å²) in [6, 6.07) is 7.95. The number of halogens is 1. The summed E-state index contributed by atoms with van der Waals surface area (Å²) >= 11 is 0. The van der Waals surface area contributed by atoms with Crippen LogP contribution in [-0.2, 0) is 11.3 Å². The SMILES string of the molecule is Cl.O=C(O)CCOc1cccc(CN2CCCCC2)c1. The average molecular weight is 300 g/mol. The number of benzene rings is 1. The van der Waals surface area contributed by atoms with Gasteiger partial charge >= 0.3 is 5.97 Å². The zero-order valence-electron chi connectivity index (χ0n) is 11.6. The Bertz CT molecular complexity index is 419. The molecule has 112 valence electrons. The highest BCUT2D eigenvalue weighted by atomic mass is 35.5. The van der Waals surface area contributed by atoms with Crippen LogP contribution in [-0.4, -0.2) is 35.7 Å². The van der Waals surface area contributed by atoms with Gasteiger partial charge in [0, 0.05) is 6.54 Å². The Labute approximate surface area is 126 Å². The molecule has 5 heteroatoms. The van der Waals surface area contributed by atoms with E-state index in [2.05, 4.69) is 11.0 Å². The molecule has 0 aromatic heterocycles. The van der Waals surface area contributed by atoms with Gasteiger partial charge < -0.3 is 9.84 Å². The van der Waals surface area contributed by atoms with Crippen molar-refractivity contribution >= 4 is 18.4 Å². The van der Waals surface area contributed by atoms with Crippen molar-refractivity contribution in [3.05, 3.63) is 29.8 Å². The number of nitrogens with zero attached hydrogens (tertiary/aromatic N) is 1. The van der Waals surface area contributed by atoms with Gasteiger partial charge in [0.05, 0.1) is 13.0 Å². The van der Waals surface area contributed by atoms with Crippen LogP contribution >= 0.6 is 12.4 Å². The van der Waals surface area contributed by atoms with Gasteiger partial charge in [-0.15, -0.1) is 12.4 Å². The number of hydrogen-bond donors (Lipinski definition) is 1. The van der Waals surface area contributed by atoms with Crippen LogP contribution < -0.4 is 4.74 Å². The van der Waals surface area contributed by atoms with Crippen molar-refractivity contribution < 1.29 is 14.6 Å². The standard InChI is InChI=1S/C15H21NO3.ClH/c17-15(18)7-10-19-14-6-4-5-13(11-14)12-16-8-2-1-3-9-16;/h4-6,11H,1-3,7-10,12H2,(H,17,18);1H. The van der Waals surface area contributed by atoms with Gasteiger partial charge in [-0.1, -0.05) is 18.6 Å². The maximum Gasteiger partial charge on any atom is 0.306 e. The zero-order chi connectivity index (χ0) is 13.5. The summed E-state index contributed by atoms with van der Waals surface area (Å²) in [4.78, 5) is 12.9. The predicted octanol–water partition coefficient (Wildman–Crippen LogP) is 2.95. The quantitative estimate of drug-likeness (QED) is 0.877. The second kappa shape index (κ2) is 8.82. The molecule has 4 nitrogen and oxygen atoms in total. The Morgan fingerprint density at radius 1 is 1.25 bits per heavy atom. The number of carboxylic acids is 1. The number of aliphatic carboxylic acids is 1. The van der Waals surface area contributed by atoms with Gasteiger partial charge in [-0.3, -0.25) is 9.69 Å². The number of piperidine rings is 1. The molecule has 1 saturated heterocycles. The van der Waals surface area contributed by atoms with Crippen LogP contribution in [0.25, 0.3) is 0 Å². The maximum atomic E-state index is 10.4. The number of ether oxygens (including phenoxy) is 1. The van der Waals surface area contributed by atoms with Crippen molar-refractivity contribution in [2.45, 2.75) is 32.2 Å². The Morgan fingerprint density at radius 3 is 2.70 bits per heavy atom. The van der Waals surface area contributed by atoms with Crippen molar-refractivity contribution in [3.63, 3.8) is 0 Å². The van der Waals surface area contributed by atoms with Gasteiger partial charge in [0.2, 0.25) is 0 Å². The third-order valence-electron chi connectivity index (χ3n) is 3.34. The number of carboxylic acid groups (broad SMARTS) is 1. The van der Waals surface area contributed by atoms with E-state index >= 15 is 0 Å². The van der Waals surface area contributed by atoms with E-state index in [1.807, 2.05) is 18.2 Å². The molecule has 0 atom stereocenters. The minimum atomic E-state index is -0.829. The molecule has 2 rings (SSSR count). The molecule has 0 radical (unpaired) electrons. The van der Waals surface area contributed by atoms with E-state index in [4.69, 9.17) is 9.84 Å². The lowest BCUT2D eigenvalue weighted by Crippen LogP contribution is -2.29. The first kappa shape index (κ1) is 16.8. The summed E-state index contributed by atoms with van der Waals surface area (Å²) in [5.74, 6) is -0.0692. The van der Waals surface area contributed by atoms with Gasteiger partial charge in [-0.2, -0.15) is 0 Å². The minimum Gasteiger partial charge on any atom is -0.493 e. The van der Waals surface area contributed by atoms with Crippen LogP contribution in [0.5, 0.6) is 5.75 Å². The number of likely N-dealkylation sites (tertiary alicyclic amines) is 1. The summed E-state index contributed by atoms with van der Waals surface area (Å²) in [7, 11) is 0. The van der Waals surface area contributed by atoms with Gasteiger partial charge in [-0.05, 0) is 43.6 Å². The molecular weight excluding hydrogens is 278 g/mol. The smallest absolute Gasteiger partial charge is 0.306 e. The lowest BCUT2D eigenvalue weighted by atomic mass is 10.1. The highest BCUT2D eigenvalue weighted by Crippen LogP contribution is 2.17. The van der Waals surface area contributed by atoms with E-state index in [-0.39, 0.29) is 25.4 Å². The Balaban J connectivity index is 0.00000200. The molecule has 1 aliphatic heterocycles. The molecular formula is C15H22ClNO3. The molecule has 1 N–H and O–H groups in total. The van der Waals surface area contributed by atoms with Crippen LogP contribution in [0.3, 0.4) is 0 Å². The molecule has 0 unspecified atom stereocenters. The predicted molar refractivity (Wildman–Crippen MR) is 80.6 cm³/mol. The van der Waals surface area contributed by atoms with Crippen LogP contribution in [0, 0.1) is 0 Å². The maximum absolute atomic E-state index is 10.4. The summed E-state index contributed by atoms with van der Waals surface area (Å²) in [5, 5.41) is 8.58. The highest BCUT2D eigenvalue weighted by molar-refractivity contribution is 5.85. The summed E-state index contributed by atoms with van der Waals surface area (Å²) < 4.78 is 5.45. The monoisotopic (exact) mass is 299 g/mol. The molecule has 1 aromatic rings. The van der Waals surface area contributed by atoms with Crippen molar-refractivity contribution in [2.24, 2.45) is 0 Å². The van der Waals surface area contributed by atoms with Gasteiger partial charge in [0.25, 0.3) is 0 Å². The fourth-order valence-electron chi connectivity index (χ4n) is 2.37. The fourth-order valence-corrected chi connectivity index (χ4v) is 2.37. The van der Waals surface area contributed by atoms with Crippen molar-refractivity contribution in [1.29, 1.82) is 0 Å². The van der Waals surface area contributed by atoms with Crippen LogP contribution in [0.2, 0.25) is 0 Å². The number of carbonyl (C=O) groups is 1. The summed E-state index contributed by atoms with van der Waals surface area (Å²) in [6.07, 6.45) is 3.95. The van der Waals surface area contributed by atoms with Crippen LogP contribution in [0.15, 0.2) is 24.3 Å². The first-order chi connectivity index (χ1) is 9.24. The molecule has 0 bridgehead atoms. The molecule has 1 fully saturated rings. The van der Waals surface area contributed by atoms with E-state index in [1.165, 1.54) is 37.9 Å². The first-order valence-corrected chi connectivity index (χ1v) is 6.90. The Hall–Kier alpha value is -1.26. The molecule has 0 saturated carbocycles. The molecule has 20 heavy (non-hydrogen) atoms. The second-order valence-corrected chi connectivity index (χ2v) is 4.98. The van der Waals surface area contributed by atoms with E-state index in [1.54, 1.807) is 0 Å². The zero-order valence-corrected chi connectivity index (χ0v) is 12.4. The lowest BCUT2D eigenvalue weighted by Gasteiger charge is -2.26. The molecule has 1 aliphatic rings. The third kappa shape index (κ3) is 5.80. The Morgan fingerprint density at radius 2 is 2.00 bits per heavy atom. The first-order valence-electron chi connectivity index (χ1n) is 6.90. The van der Waals surface area contributed by atoms with Crippen molar-refractivity contribution in [1.82, 2.24) is 4.90 Å². The minimum absolute atomic E-state index is 0. The van der Waals surface area contributed by atoms with Gasteiger partial charge in [-0.25, -0.2) is 0 Å². The highest BCUT2D eigenvalue weighted by Gasteiger charge is 2.10. The van der Waals surface area contributed by atoms with E-state index < -0.39 is 5.97 Å². The molecule has 0 spiro atoms. The van der Waals surface area contributed by atoms with E-state index in [0.29, 0.717) is 0 Å². The van der Waals surface area contributed by atoms with E-state index in [9.17, 15) is 4.79 Å². The average Bonchev–Trinajstić information content (AvgIpc) is 2.40. The Kier molecular flexibility index (Phi) is 7.41. The summed E-state index contributed by atoms with van der Waals surface area (Å²) in [6.45, 7) is 3.52. The van der Waals surface area contributed by atoms with Crippen molar-refractivity contribution in [3.8, 4) is 5.75 Å². The van der Waals surface area contributed by atoms with Crippen LogP contribution in [0.4, 0.5) is 0 Å². The largest absolute Gasteiger partial charge is 0.493 e. The third-order valence-corrected chi connectivity index (χ3v) is 3.34. The molecule has 0 aliphatic carbocycles. The van der Waals surface area contributed by atoms with E-state index in [0.717, 1.165) is 12.3 Å². The fraction of sp³-hybridized carbons (Fsp3) is 0.533. The molecule has 0 amide bonds. The van der Waals surface area contributed by atoms with Crippen LogP contribution in [0.1, 0.15) is 31.2 Å². The summed E-state index contributed by atoms with van der Waals surface area (Å²) in [5.41, 5.74) is 1.23. The molecule has 1 aromatic carbocycles. The molecule has 1 heterocycles. The normalized spacial score (nSPS) is 15.4. The number of rotatable bonds is 6.